The van der Waals surface area contributed by atoms with Gasteiger partial charge >= 0.3 is 0 Å². The SMILES string of the molecule is CCc1c(C)oc(CCCCCCCCCC(C)=O)c(C)c1=O. The first kappa shape index (κ1) is 19.7. The van der Waals surface area contributed by atoms with Crippen molar-refractivity contribution in [1.29, 1.82) is 0 Å². The van der Waals surface area contributed by atoms with Gasteiger partial charge in [0, 0.05) is 24.0 Å². The fourth-order valence-electron chi connectivity index (χ4n) is 3.03. The van der Waals surface area contributed by atoms with E-state index >= 15 is 0 Å². The number of aryl methyl sites for hydroxylation is 2. The molecular weight excluding hydrogens is 288 g/mol. The number of carbonyl (C=O) groups excluding carboxylic acids is 1. The van der Waals surface area contributed by atoms with Crippen molar-refractivity contribution in [2.24, 2.45) is 0 Å². The Balaban J connectivity index is 2.27. The Labute approximate surface area is 140 Å². The molecule has 0 aliphatic rings. The predicted octanol–water partition coefficient (Wildman–Crippen LogP) is 5.07. The molecule has 0 aliphatic heterocycles. The third-order valence-corrected chi connectivity index (χ3v) is 4.52. The molecule has 23 heavy (non-hydrogen) atoms. The fraction of sp³-hybridized carbons (Fsp3) is 0.700. The average molecular weight is 320 g/mol. The maximum Gasteiger partial charge on any atom is 0.191 e. The quantitative estimate of drug-likeness (QED) is 0.535. The standard InChI is InChI=1S/C20H32O3/c1-5-18-17(4)23-19(16(3)20(18)22)14-12-10-8-6-7-9-11-13-15(2)21/h5-14H2,1-4H3. The molecule has 0 bridgehead atoms. The van der Waals surface area contributed by atoms with Crippen molar-refractivity contribution in [3.8, 4) is 0 Å². The number of unbranched alkanes of at least 4 members (excludes halogenated alkanes) is 6. The van der Waals surface area contributed by atoms with Gasteiger partial charge in [0.25, 0.3) is 0 Å². The normalized spacial score (nSPS) is 11.0. The lowest BCUT2D eigenvalue weighted by Crippen LogP contribution is -2.15. The smallest absolute Gasteiger partial charge is 0.191 e. The van der Waals surface area contributed by atoms with Crippen LogP contribution in [-0.4, -0.2) is 5.78 Å². The first-order valence-corrected chi connectivity index (χ1v) is 9.08. The molecule has 130 valence electrons. The predicted molar refractivity (Wildman–Crippen MR) is 95.2 cm³/mol. The lowest BCUT2D eigenvalue weighted by Gasteiger charge is -2.09. The largest absolute Gasteiger partial charge is 0.466 e. The molecular formula is C20H32O3. The van der Waals surface area contributed by atoms with Gasteiger partial charge in [-0.3, -0.25) is 4.79 Å². The summed E-state index contributed by atoms with van der Waals surface area (Å²) in [4.78, 5) is 23.1. The molecule has 0 fully saturated rings. The highest BCUT2D eigenvalue weighted by atomic mass is 16.3. The van der Waals surface area contributed by atoms with E-state index in [-0.39, 0.29) is 5.43 Å². The van der Waals surface area contributed by atoms with Crippen molar-refractivity contribution in [3.05, 3.63) is 32.9 Å². The molecule has 0 saturated carbocycles. The van der Waals surface area contributed by atoms with Crippen LogP contribution in [0.1, 0.15) is 87.9 Å². The number of hydrogen-bond acceptors (Lipinski definition) is 3. The zero-order chi connectivity index (χ0) is 17.2. The zero-order valence-corrected chi connectivity index (χ0v) is 15.3. The second-order valence-corrected chi connectivity index (χ2v) is 6.54. The summed E-state index contributed by atoms with van der Waals surface area (Å²) in [7, 11) is 0. The van der Waals surface area contributed by atoms with E-state index in [1.807, 2.05) is 20.8 Å². The van der Waals surface area contributed by atoms with Gasteiger partial charge in [0.05, 0.1) is 0 Å². The van der Waals surface area contributed by atoms with Gasteiger partial charge in [0.1, 0.15) is 17.3 Å². The maximum absolute atomic E-state index is 12.2. The molecule has 3 nitrogen and oxygen atoms in total. The summed E-state index contributed by atoms with van der Waals surface area (Å²) in [5.74, 6) is 1.95. The highest BCUT2D eigenvalue weighted by Gasteiger charge is 2.12. The van der Waals surface area contributed by atoms with Crippen LogP contribution in [0, 0.1) is 13.8 Å². The van der Waals surface area contributed by atoms with Crippen LogP contribution in [0.15, 0.2) is 9.21 Å². The summed E-state index contributed by atoms with van der Waals surface area (Å²) in [5, 5.41) is 0. The van der Waals surface area contributed by atoms with Gasteiger partial charge in [0.2, 0.25) is 0 Å². The van der Waals surface area contributed by atoms with E-state index in [9.17, 15) is 9.59 Å². The van der Waals surface area contributed by atoms with E-state index in [4.69, 9.17) is 4.42 Å². The van der Waals surface area contributed by atoms with Crippen molar-refractivity contribution in [3.63, 3.8) is 0 Å². The van der Waals surface area contributed by atoms with Crippen LogP contribution in [0.3, 0.4) is 0 Å². The maximum atomic E-state index is 12.2. The minimum Gasteiger partial charge on any atom is -0.466 e. The van der Waals surface area contributed by atoms with Gasteiger partial charge in [-0.15, -0.1) is 0 Å². The Hall–Kier alpha value is -1.38. The van der Waals surface area contributed by atoms with Gasteiger partial charge in [-0.2, -0.15) is 0 Å². The molecule has 0 amide bonds. The van der Waals surface area contributed by atoms with Crippen molar-refractivity contribution >= 4 is 5.78 Å². The van der Waals surface area contributed by atoms with E-state index in [0.717, 1.165) is 61.2 Å². The number of carbonyl (C=O) groups is 1. The molecule has 0 unspecified atom stereocenters. The van der Waals surface area contributed by atoms with Gasteiger partial charge in [0.15, 0.2) is 5.43 Å². The molecule has 0 aliphatic carbocycles. The van der Waals surface area contributed by atoms with E-state index in [1.165, 1.54) is 25.7 Å². The molecule has 1 aromatic heterocycles. The Kier molecular flexibility index (Phi) is 8.90. The van der Waals surface area contributed by atoms with E-state index in [1.54, 1.807) is 6.92 Å². The summed E-state index contributed by atoms with van der Waals surface area (Å²) in [5.41, 5.74) is 1.77. The second-order valence-electron chi connectivity index (χ2n) is 6.54. The molecule has 0 aromatic carbocycles. The van der Waals surface area contributed by atoms with Crippen molar-refractivity contribution in [1.82, 2.24) is 0 Å². The summed E-state index contributed by atoms with van der Waals surface area (Å²) in [6.07, 6.45) is 10.4. The lowest BCUT2D eigenvalue weighted by atomic mass is 10.0. The van der Waals surface area contributed by atoms with Crippen LogP contribution >= 0.6 is 0 Å². The van der Waals surface area contributed by atoms with Crippen molar-refractivity contribution in [2.75, 3.05) is 0 Å². The van der Waals surface area contributed by atoms with E-state index < -0.39 is 0 Å². The van der Waals surface area contributed by atoms with Gasteiger partial charge in [-0.05, 0) is 40.0 Å². The molecule has 0 atom stereocenters. The molecule has 1 rings (SSSR count). The first-order chi connectivity index (χ1) is 11.0. The summed E-state index contributed by atoms with van der Waals surface area (Å²) < 4.78 is 5.86. The van der Waals surface area contributed by atoms with Crippen LogP contribution < -0.4 is 5.43 Å². The minimum absolute atomic E-state index is 0.164. The zero-order valence-electron chi connectivity index (χ0n) is 15.3. The van der Waals surface area contributed by atoms with Gasteiger partial charge in [-0.25, -0.2) is 0 Å². The van der Waals surface area contributed by atoms with E-state index in [2.05, 4.69) is 0 Å². The highest BCUT2D eigenvalue weighted by Crippen LogP contribution is 2.16. The Morgan fingerprint density at radius 2 is 1.52 bits per heavy atom. The Bertz CT molecular complexity index is 555. The van der Waals surface area contributed by atoms with Crippen LogP contribution in [0.25, 0.3) is 0 Å². The summed E-state index contributed by atoms with van der Waals surface area (Å²) >= 11 is 0. The van der Waals surface area contributed by atoms with Crippen LogP contribution in [-0.2, 0) is 17.6 Å². The highest BCUT2D eigenvalue weighted by molar-refractivity contribution is 5.75. The first-order valence-electron chi connectivity index (χ1n) is 9.08. The second kappa shape index (κ2) is 10.4. The third-order valence-electron chi connectivity index (χ3n) is 4.52. The molecule has 0 radical (unpaired) electrons. The molecule has 0 N–H and O–H groups in total. The topological polar surface area (TPSA) is 47.3 Å². The van der Waals surface area contributed by atoms with Gasteiger partial charge in [-0.1, -0.05) is 39.0 Å². The number of Topliss-reactive ketones (excluding diaryl/α,β-unsaturated/α-hetero) is 1. The number of rotatable bonds is 11. The van der Waals surface area contributed by atoms with Crippen molar-refractivity contribution < 1.29 is 9.21 Å². The molecule has 1 heterocycles. The summed E-state index contributed by atoms with van der Waals surface area (Å²) in [6, 6.07) is 0. The number of ketones is 1. The van der Waals surface area contributed by atoms with Gasteiger partial charge < -0.3 is 9.21 Å². The number of hydrogen-bond donors (Lipinski definition) is 0. The van der Waals surface area contributed by atoms with Crippen LogP contribution in [0.5, 0.6) is 0 Å². The minimum atomic E-state index is 0.164. The van der Waals surface area contributed by atoms with E-state index in [0.29, 0.717) is 5.78 Å². The van der Waals surface area contributed by atoms with Crippen LogP contribution in [0.2, 0.25) is 0 Å². The molecule has 0 spiro atoms. The van der Waals surface area contributed by atoms with Crippen LogP contribution in [0.4, 0.5) is 0 Å². The fourth-order valence-corrected chi connectivity index (χ4v) is 3.03. The molecule has 3 heteroatoms. The Morgan fingerprint density at radius 1 is 0.957 bits per heavy atom. The summed E-state index contributed by atoms with van der Waals surface area (Å²) in [6.45, 7) is 7.43. The molecule has 1 aromatic rings. The third kappa shape index (κ3) is 6.72. The monoisotopic (exact) mass is 320 g/mol. The van der Waals surface area contributed by atoms with Crippen molar-refractivity contribution in [2.45, 2.75) is 91.9 Å². The lowest BCUT2D eigenvalue weighted by molar-refractivity contribution is -0.117. The average Bonchev–Trinajstić information content (AvgIpc) is 2.50. The Morgan fingerprint density at radius 3 is 2.09 bits per heavy atom. The molecule has 0 saturated heterocycles.